The van der Waals surface area contributed by atoms with Gasteiger partial charge < -0.3 is 4.74 Å². The van der Waals surface area contributed by atoms with E-state index in [9.17, 15) is 13.2 Å². The van der Waals surface area contributed by atoms with E-state index in [1.807, 2.05) is 6.07 Å². The summed E-state index contributed by atoms with van der Waals surface area (Å²) < 4.78 is 44.0. The summed E-state index contributed by atoms with van der Waals surface area (Å²) in [6, 6.07) is 11.8. The topological polar surface area (TPSA) is 33.0 Å². The van der Waals surface area contributed by atoms with Crippen LogP contribution in [0.3, 0.4) is 0 Å². The quantitative estimate of drug-likeness (QED) is 0.782. The predicted octanol–water partition coefficient (Wildman–Crippen LogP) is 4.92. The molecule has 21 heavy (non-hydrogen) atoms. The third kappa shape index (κ3) is 3.99. The molecule has 6 heteroatoms. The van der Waals surface area contributed by atoms with Gasteiger partial charge in [0.1, 0.15) is 18.4 Å². The van der Waals surface area contributed by atoms with E-state index in [2.05, 4.69) is 15.9 Å². The zero-order valence-corrected chi connectivity index (χ0v) is 12.2. The van der Waals surface area contributed by atoms with Gasteiger partial charge in [-0.15, -0.1) is 0 Å². The minimum Gasteiger partial charge on any atom is -0.488 e. The normalized spacial score (nSPS) is 11.0. The summed E-state index contributed by atoms with van der Waals surface area (Å²) in [5, 5.41) is 8.99. The lowest BCUT2D eigenvalue weighted by molar-refractivity contribution is -0.137. The van der Waals surface area contributed by atoms with Crippen molar-refractivity contribution in [3.63, 3.8) is 0 Å². The fourth-order valence-corrected chi connectivity index (χ4v) is 2.08. The van der Waals surface area contributed by atoms with Gasteiger partial charge >= 0.3 is 6.18 Å². The highest BCUT2D eigenvalue weighted by Gasteiger charge is 2.30. The van der Waals surface area contributed by atoms with E-state index in [0.29, 0.717) is 16.9 Å². The van der Waals surface area contributed by atoms with Crippen LogP contribution in [0.5, 0.6) is 5.75 Å². The van der Waals surface area contributed by atoms with Crippen molar-refractivity contribution in [3.05, 3.63) is 63.6 Å². The molecule has 0 atom stereocenters. The average molecular weight is 356 g/mol. The number of hydrogen-bond donors (Lipinski definition) is 0. The summed E-state index contributed by atoms with van der Waals surface area (Å²) in [7, 11) is 0. The van der Waals surface area contributed by atoms with Crippen LogP contribution in [-0.4, -0.2) is 0 Å². The number of alkyl halides is 3. The second-order valence-electron chi connectivity index (χ2n) is 4.24. The molecule has 0 aliphatic carbocycles. The van der Waals surface area contributed by atoms with Crippen molar-refractivity contribution < 1.29 is 17.9 Å². The summed E-state index contributed by atoms with van der Waals surface area (Å²) in [6.45, 7) is -0.0414. The van der Waals surface area contributed by atoms with Gasteiger partial charge in [-0.2, -0.15) is 18.4 Å². The van der Waals surface area contributed by atoms with Crippen LogP contribution in [0.1, 0.15) is 16.7 Å². The maximum absolute atomic E-state index is 12.6. The van der Waals surface area contributed by atoms with Crippen LogP contribution in [-0.2, 0) is 12.8 Å². The van der Waals surface area contributed by atoms with Gasteiger partial charge in [0.2, 0.25) is 0 Å². The number of halogens is 4. The highest BCUT2D eigenvalue weighted by Crippen LogP contribution is 2.30. The second kappa shape index (κ2) is 6.19. The molecule has 0 aromatic heterocycles. The van der Waals surface area contributed by atoms with E-state index >= 15 is 0 Å². The van der Waals surface area contributed by atoms with Gasteiger partial charge in [-0.3, -0.25) is 0 Å². The van der Waals surface area contributed by atoms with Crippen molar-refractivity contribution in [2.75, 3.05) is 0 Å². The number of nitrogens with zero attached hydrogens (tertiary/aromatic N) is 1. The Kier molecular flexibility index (Phi) is 4.53. The molecule has 0 N–H and O–H groups in total. The standard InChI is InChI=1S/C15H9BrF3NO/c16-13-4-5-14(11(7-13)8-20)21-9-10-2-1-3-12(6-10)15(17,18)19/h1-7H,9H2. The van der Waals surface area contributed by atoms with E-state index in [0.717, 1.165) is 16.6 Å². The SMILES string of the molecule is N#Cc1cc(Br)ccc1OCc1cccc(C(F)(F)F)c1. The maximum atomic E-state index is 12.6. The van der Waals surface area contributed by atoms with E-state index in [4.69, 9.17) is 10.00 Å². The molecule has 0 aliphatic rings. The largest absolute Gasteiger partial charge is 0.488 e. The fourth-order valence-electron chi connectivity index (χ4n) is 1.71. The van der Waals surface area contributed by atoms with Crippen molar-refractivity contribution in [2.24, 2.45) is 0 Å². The lowest BCUT2D eigenvalue weighted by Gasteiger charge is -2.11. The summed E-state index contributed by atoms with van der Waals surface area (Å²) in [4.78, 5) is 0. The number of ether oxygens (including phenoxy) is 1. The van der Waals surface area contributed by atoms with Crippen LogP contribution in [0.15, 0.2) is 46.9 Å². The van der Waals surface area contributed by atoms with Gasteiger partial charge in [0, 0.05) is 4.47 Å². The molecule has 0 heterocycles. The first kappa shape index (κ1) is 15.4. The Morgan fingerprint density at radius 2 is 1.90 bits per heavy atom. The maximum Gasteiger partial charge on any atom is 0.416 e. The monoisotopic (exact) mass is 355 g/mol. The molecule has 0 fully saturated rings. The van der Waals surface area contributed by atoms with Crippen molar-refractivity contribution in [1.82, 2.24) is 0 Å². The molecule has 0 radical (unpaired) electrons. The molecule has 0 spiro atoms. The number of benzene rings is 2. The van der Waals surface area contributed by atoms with E-state index < -0.39 is 11.7 Å². The first-order chi connectivity index (χ1) is 9.90. The summed E-state index contributed by atoms with van der Waals surface area (Å²) in [6.07, 6.45) is -4.38. The molecule has 2 aromatic carbocycles. The van der Waals surface area contributed by atoms with Gasteiger partial charge in [-0.05, 0) is 35.9 Å². The van der Waals surface area contributed by atoms with Gasteiger partial charge in [-0.1, -0.05) is 28.1 Å². The minimum absolute atomic E-state index is 0.0414. The number of rotatable bonds is 3. The molecule has 0 aliphatic heterocycles. The zero-order chi connectivity index (χ0) is 15.5. The van der Waals surface area contributed by atoms with Crippen molar-refractivity contribution in [2.45, 2.75) is 12.8 Å². The molecule has 2 aromatic rings. The lowest BCUT2D eigenvalue weighted by atomic mass is 10.1. The Morgan fingerprint density at radius 3 is 2.57 bits per heavy atom. The smallest absolute Gasteiger partial charge is 0.416 e. The summed E-state index contributed by atoms with van der Waals surface area (Å²) in [5.74, 6) is 0.332. The van der Waals surface area contributed by atoms with E-state index in [1.54, 1.807) is 24.3 Å². The number of hydrogen-bond acceptors (Lipinski definition) is 2. The predicted molar refractivity (Wildman–Crippen MR) is 74.6 cm³/mol. The Hall–Kier alpha value is -2.00. The van der Waals surface area contributed by atoms with Crippen molar-refractivity contribution >= 4 is 15.9 Å². The van der Waals surface area contributed by atoms with Gasteiger partial charge in [0.05, 0.1) is 11.1 Å². The highest BCUT2D eigenvalue weighted by molar-refractivity contribution is 9.10. The summed E-state index contributed by atoms with van der Waals surface area (Å²) >= 11 is 3.23. The van der Waals surface area contributed by atoms with Crippen LogP contribution < -0.4 is 4.74 Å². The zero-order valence-electron chi connectivity index (χ0n) is 10.6. The van der Waals surface area contributed by atoms with Crippen LogP contribution >= 0.6 is 15.9 Å². The van der Waals surface area contributed by atoms with Crippen LogP contribution in [0, 0.1) is 11.3 Å². The molecular weight excluding hydrogens is 347 g/mol. The fraction of sp³-hybridized carbons (Fsp3) is 0.133. The first-order valence-electron chi connectivity index (χ1n) is 5.89. The molecule has 2 nitrogen and oxygen atoms in total. The van der Waals surface area contributed by atoms with Crippen LogP contribution in [0.25, 0.3) is 0 Å². The third-order valence-electron chi connectivity index (χ3n) is 2.71. The number of nitriles is 1. The molecule has 2 rings (SSSR count). The lowest BCUT2D eigenvalue weighted by Crippen LogP contribution is -2.06. The molecule has 0 saturated carbocycles. The molecular formula is C15H9BrF3NO. The Balaban J connectivity index is 2.16. The second-order valence-corrected chi connectivity index (χ2v) is 5.15. The average Bonchev–Trinajstić information content (AvgIpc) is 2.45. The van der Waals surface area contributed by atoms with Gasteiger partial charge in [0.15, 0.2) is 0 Å². The Labute approximate surface area is 127 Å². The first-order valence-corrected chi connectivity index (χ1v) is 6.68. The van der Waals surface area contributed by atoms with Gasteiger partial charge in [0.25, 0.3) is 0 Å². The van der Waals surface area contributed by atoms with E-state index in [1.165, 1.54) is 6.07 Å². The third-order valence-corrected chi connectivity index (χ3v) is 3.20. The van der Waals surface area contributed by atoms with Crippen molar-refractivity contribution in [3.8, 4) is 11.8 Å². The molecule has 0 amide bonds. The molecule has 0 bridgehead atoms. The minimum atomic E-state index is -4.38. The molecule has 0 unspecified atom stereocenters. The highest BCUT2D eigenvalue weighted by atomic mass is 79.9. The molecule has 0 saturated heterocycles. The summed E-state index contributed by atoms with van der Waals surface area (Å²) in [5.41, 5.74) is -0.0205. The van der Waals surface area contributed by atoms with Crippen LogP contribution in [0.2, 0.25) is 0 Å². The Morgan fingerprint density at radius 1 is 1.14 bits per heavy atom. The van der Waals surface area contributed by atoms with Crippen molar-refractivity contribution in [1.29, 1.82) is 5.26 Å². The van der Waals surface area contributed by atoms with E-state index in [-0.39, 0.29) is 6.61 Å². The Bertz CT molecular complexity index is 692. The van der Waals surface area contributed by atoms with Gasteiger partial charge in [-0.25, -0.2) is 0 Å². The molecule has 108 valence electrons. The van der Waals surface area contributed by atoms with Crippen LogP contribution in [0.4, 0.5) is 13.2 Å².